The van der Waals surface area contributed by atoms with E-state index in [9.17, 15) is 8.42 Å². The van der Waals surface area contributed by atoms with Crippen molar-refractivity contribution in [3.8, 4) is 6.07 Å². The highest BCUT2D eigenvalue weighted by molar-refractivity contribution is 7.93. The first-order chi connectivity index (χ1) is 9.35. The molecule has 0 amide bonds. The minimum Gasteiger partial charge on any atom is -0.398 e. The second-order valence-electron chi connectivity index (χ2n) is 3.69. The Bertz CT molecular complexity index is 786. The number of nitriles is 1. The highest BCUT2D eigenvalue weighted by Gasteiger charge is 2.23. The van der Waals surface area contributed by atoms with Crippen LogP contribution in [0.2, 0.25) is 10.0 Å². The molecule has 3 N–H and O–H groups in total. The molecule has 1 aromatic carbocycles. The summed E-state index contributed by atoms with van der Waals surface area (Å²) in [5.41, 5.74) is 5.82. The molecule has 0 aliphatic carbocycles. The van der Waals surface area contributed by atoms with Gasteiger partial charge in [0.1, 0.15) is 16.0 Å². The maximum atomic E-state index is 12.3. The Morgan fingerprint density at radius 2 is 2.05 bits per heavy atom. The molecule has 0 atom stereocenters. The average molecular weight is 348 g/mol. The van der Waals surface area contributed by atoms with Crippen LogP contribution in [-0.2, 0) is 10.0 Å². The molecule has 0 saturated carbocycles. The molecule has 9 heteroatoms. The topological polar surface area (TPSA) is 96.0 Å². The fourth-order valence-corrected chi connectivity index (χ4v) is 4.57. The SMILES string of the molecule is N#Cc1ccsc1NS(=O)(=O)c1c(N)cc(Cl)cc1Cl. The van der Waals surface area contributed by atoms with Crippen LogP contribution in [0.15, 0.2) is 28.5 Å². The minimum absolute atomic E-state index is 0.0648. The first-order valence-electron chi connectivity index (χ1n) is 5.10. The number of nitrogens with two attached hydrogens (primary N) is 1. The Kier molecular flexibility index (Phi) is 4.11. The van der Waals surface area contributed by atoms with Crippen molar-refractivity contribution in [2.75, 3.05) is 10.5 Å². The number of anilines is 2. The van der Waals surface area contributed by atoms with Gasteiger partial charge in [0.2, 0.25) is 0 Å². The quantitative estimate of drug-likeness (QED) is 0.832. The molecule has 0 spiro atoms. The van der Waals surface area contributed by atoms with E-state index in [-0.39, 0.29) is 31.2 Å². The lowest BCUT2D eigenvalue weighted by molar-refractivity contribution is 0.602. The van der Waals surface area contributed by atoms with E-state index >= 15 is 0 Å². The number of benzene rings is 1. The van der Waals surface area contributed by atoms with Gasteiger partial charge in [-0.2, -0.15) is 5.26 Å². The normalized spacial score (nSPS) is 11.1. The summed E-state index contributed by atoms with van der Waals surface area (Å²) in [6.07, 6.45) is 0. The third-order valence-corrected chi connectivity index (χ3v) is 5.37. The molecule has 5 nitrogen and oxygen atoms in total. The molecule has 0 fully saturated rings. The maximum Gasteiger partial charge on any atom is 0.266 e. The number of thiophene rings is 1. The van der Waals surface area contributed by atoms with Crippen LogP contribution in [0, 0.1) is 11.3 Å². The minimum atomic E-state index is -4.00. The van der Waals surface area contributed by atoms with E-state index in [1.54, 1.807) is 5.38 Å². The first kappa shape index (κ1) is 14.9. The number of nitrogens with zero attached hydrogens (tertiary/aromatic N) is 1. The lowest BCUT2D eigenvalue weighted by Crippen LogP contribution is -2.15. The summed E-state index contributed by atoms with van der Waals surface area (Å²) in [6, 6.07) is 5.97. The van der Waals surface area contributed by atoms with Gasteiger partial charge < -0.3 is 5.73 Å². The van der Waals surface area contributed by atoms with Gasteiger partial charge in [0, 0.05) is 5.02 Å². The van der Waals surface area contributed by atoms with E-state index in [1.165, 1.54) is 18.2 Å². The Morgan fingerprint density at radius 3 is 2.65 bits per heavy atom. The molecular weight excluding hydrogens is 341 g/mol. The van der Waals surface area contributed by atoms with Crippen LogP contribution in [0.25, 0.3) is 0 Å². The van der Waals surface area contributed by atoms with Crippen molar-refractivity contribution < 1.29 is 8.42 Å². The monoisotopic (exact) mass is 347 g/mol. The zero-order valence-electron chi connectivity index (χ0n) is 9.72. The number of hydrogen-bond donors (Lipinski definition) is 2. The van der Waals surface area contributed by atoms with Gasteiger partial charge in [-0.1, -0.05) is 23.2 Å². The Labute approximate surface area is 129 Å². The fraction of sp³-hybridized carbons (Fsp3) is 0. The number of sulfonamides is 1. The summed E-state index contributed by atoms with van der Waals surface area (Å²) in [5, 5.41) is 10.8. The van der Waals surface area contributed by atoms with Crippen LogP contribution in [0.4, 0.5) is 10.7 Å². The molecule has 2 aromatic rings. The van der Waals surface area contributed by atoms with Crippen LogP contribution in [-0.4, -0.2) is 8.42 Å². The van der Waals surface area contributed by atoms with Crippen LogP contribution in [0.5, 0.6) is 0 Å². The number of nitrogen functional groups attached to an aromatic ring is 1. The van der Waals surface area contributed by atoms with E-state index in [1.807, 2.05) is 6.07 Å². The molecule has 0 saturated heterocycles. The maximum absolute atomic E-state index is 12.3. The van der Waals surface area contributed by atoms with Crippen molar-refractivity contribution in [1.82, 2.24) is 0 Å². The lowest BCUT2D eigenvalue weighted by atomic mass is 10.3. The lowest BCUT2D eigenvalue weighted by Gasteiger charge is -2.11. The van der Waals surface area contributed by atoms with Gasteiger partial charge in [0.15, 0.2) is 0 Å². The molecule has 20 heavy (non-hydrogen) atoms. The van der Waals surface area contributed by atoms with Crippen molar-refractivity contribution >= 4 is 55.3 Å². The standard InChI is InChI=1S/C11H7Cl2N3O2S2/c12-7-3-8(13)10(9(15)4-7)20(17,18)16-11-6(5-14)1-2-19-11/h1-4,16H,15H2. The number of nitrogens with one attached hydrogen (secondary N) is 1. The van der Waals surface area contributed by atoms with Gasteiger partial charge in [-0.25, -0.2) is 8.42 Å². The molecule has 0 bridgehead atoms. The summed E-state index contributed by atoms with van der Waals surface area (Å²) < 4.78 is 26.9. The van der Waals surface area contributed by atoms with Crippen LogP contribution in [0.1, 0.15) is 5.56 Å². The van der Waals surface area contributed by atoms with Crippen molar-refractivity contribution in [3.63, 3.8) is 0 Å². The van der Waals surface area contributed by atoms with Crippen molar-refractivity contribution in [3.05, 3.63) is 39.2 Å². The van der Waals surface area contributed by atoms with Gasteiger partial charge in [0.25, 0.3) is 10.0 Å². The summed E-state index contributed by atoms with van der Waals surface area (Å²) in [7, 11) is -4.00. The summed E-state index contributed by atoms with van der Waals surface area (Å²) in [4.78, 5) is -0.263. The van der Waals surface area contributed by atoms with Gasteiger partial charge >= 0.3 is 0 Å². The predicted molar refractivity (Wildman–Crippen MR) is 80.7 cm³/mol. The highest BCUT2D eigenvalue weighted by Crippen LogP contribution is 2.33. The second kappa shape index (κ2) is 5.50. The van der Waals surface area contributed by atoms with Gasteiger partial charge in [0.05, 0.1) is 16.3 Å². The molecule has 0 aliphatic rings. The molecular formula is C11H7Cl2N3O2S2. The molecule has 0 radical (unpaired) electrons. The van der Waals surface area contributed by atoms with E-state index in [4.69, 9.17) is 34.2 Å². The van der Waals surface area contributed by atoms with Crippen LogP contribution < -0.4 is 10.5 Å². The Morgan fingerprint density at radius 1 is 1.35 bits per heavy atom. The van der Waals surface area contributed by atoms with Gasteiger partial charge in [-0.05, 0) is 23.6 Å². The zero-order valence-corrected chi connectivity index (χ0v) is 12.9. The number of hydrogen-bond acceptors (Lipinski definition) is 5. The van der Waals surface area contributed by atoms with Crippen molar-refractivity contribution in [1.29, 1.82) is 5.26 Å². The van der Waals surface area contributed by atoms with E-state index < -0.39 is 10.0 Å². The van der Waals surface area contributed by atoms with E-state index in [0.717, 1.165) is 11.3 Å². The van der Waals surface area contributed by atoms with Crippen molar-refractivity contribution in [2.45, 2.75) is 4.90 Å². The third-order valence-electron chi connectivity index (χ3n) is 2.32. The highest BCUT2D eigenvalue weighted by atomic mass is 35.5. The Hall–Kier alpha value is -1.46. The molecule has 1 heterocycles. The van der Waals surface area contributed by atoms with E-state index in [0.29, 0.717) is 0 Å². The smallest absolute Gasteiger partial charge is 0.266 e. The summed E-state index contributed by atoms with van der Waals surface area (Å²) in [6.45, 7) is 0. The fourth-order valence-electron chi connectivity index (χ4n) is 1.51. The largest absolute Gasteiger partial charge is 0.398 e. The first-order valence-corrected chi connectivity index (χ1v) is 8.22. The molecule has 0 unspecified atom stereocenters. The van der Waals surface area contributed by atoms with Crippen molar-refractivity contribution in [2.24, 2.45) is 0 Å². The van der Waals surface area contributed by atoms with E-state index in [2.05, 4.69) is 4.72 Å². The summed E-state index contributed by atoms with van der Waals surface area (Å²) >= 11 is 12.7. The van der Waals surface area contributed by atoms with Gasteiger partial charge in [-0.3, -0.25) is 4.72 Å². The van der Waals surface area contributed by atoms with Crippen LogP contribution >= 0.6 is 34.5 Å². The predicted octanol–water partition coefficient (Wildman–Crippen LogP) is 3.31. The Balaban J connectivity index is 2.50. The summed E-state index contributed by atoms with van der Waals surface area (Å²) in [5.74, 6) is 0. The number of rotatable bonds is 3. The molecule has 1 aromatic heterocycles. The van der Waals surface area contributed by atoms with Gasteiger partial charge in [-0.15, -0.1) is 11.3 Å². The molecule has 0 aliphatic heterocycles. The average Bonchev–Trinajstić information content (AvgIpc) is 2.73. The zero-order chi connectivity index (χ0) is 14.9. The number of halogens is 2. The molecule has 2 rings (SSSR count). The molecule has 104 valence electrons. The van der Waals surface area contributed by atoms with Crippen LogP contribution in [0.3, 0.4) is 0 Å². The third kappa shape index (κ3) is 2.83. The second-order valence-corrected chi connectivity index (χ2v) is 7.07.